The van der Waals surface area contributed by atoms with Gasteiger partial charge in [0.25, 0.3) is 0 Å². The predicted octanol–water partition coefficient (Wildman–Crippen LogP) is 4.51. The van der Waals surface area contributed by atoms with Gasteiger partial charge in [-0.25, -0.2) is 4.98 Å². The maximum absolute atomic E-state index is 6.01. The number of nitrogens with one attached hydrogen (secondary N) is 1. The van der Waals surface area contributed by atoms with Gasteiger partial charge in [0.15, 0.2) is 0 Å². The summed E-state index contributed by atoms with van der Waals surface area (Å²) in [6.07, 6.45) is 0.961. The van der Waals surface area contributed by atoms with Crippen LogP contribution in [0.3, 0.4) is 0 Å². The Bertz CT molecular complexity index is 554. The summed E-state index contributed by atoms with van der Waals surface area (Å²) >= 11 is 11.2. The molecule has 0 amide bonds. The first kappa shape index (κ1) is 14.0. The molecule has 2 aromatic rings. The number of nitrogens with zero attached hydrogens (tertiary/aromatic N) is 1. The van der Waals surface area contributed by atoms with Crippen molar-refractivity contribution >= 4 is 38.9 Å². The lowest BCUT2D eigenvalue weighted by Gasteiger charge is -1.99. The van der Waals surface area contributed by atoms with Crippen molar-refractivity contribution < 1.29 is 0 Å². The highest BCUT2D eigenvalue weighted by molar-refractivity contribution is 9.10. The van der Waals surface area contributed by atoms with Crippen LogP contribution in [0.2, 0.25) is 5.02 Å². The standard InChI is InChI=1S/C13H14BrClN2S/c1-3-11-12(7-16-2)18-13(17-11)8-4-5-10(15)9(14)6-8/h4-6,16H,3,7H2,1-2H3. The summed E-state index contributed by atoms with van der Waals surface area (Å²) in [6.45, 7) is 3.01. The van der Waals surface area contributed by atoms with Gasteiger partial charge in [0.2, 0.25) is 0 Å². The van der Waals surface area contributed by atoms with E-state index in [9.17, 15) is 0 Å². The van der Waals surface area contributed by atoms with Crippen LogP contribution in [0.25, 0.3) is 10.6 Å². The Kier molecular flexibility index (Phi) is 4.78. The SMILES string of the molecule is CCc1nc(-c2ccc(Cl)c(Br)c2)sc1CNC. The number of rotatable bonds is 4. The summed E-state index contributed by atoms with van der Waals surface area (Å²) in [5.74, 6) is 0. The predicted molar refractivity (Wildman–Crippen MR) is 82.4 cm³/mol. The Morgan fingerprint density at radius 3 is 2.83 bits per heavy atom. The molecule has 0 aliphatic rings. The fourth-order valence-corrected chi connectivity index (χ4v) is 3.37. The maximum Gasteiger partial charge on any atom is 0.123 e. The molecule has 18 heavy (non-hydrogen) atoms. The summed E-state index contributed by atoms with van der Waals surface area (Å²) in [6, 6.07) is 5.92. The molecule has 96 valence electrons. The van der Waals surface area contributed by atoms with Crippen LogP contribution in [0, 0.1) is 0 Å². The second-order valence-corrected chi connectivity index (χ2v) is 6.25. The van der Waals surface area contributed by atoms with E-state index in [1.165, 1.54) is 10.6 Å². The minimum atomic E-state index is 0.724. The number of halogens is 2. The van der Waals surface area contributed by atoms with E-state index in [0.29, 0.717) is 0 Å². The summed E-state index contributed by atoms with van der Waals surface area (Å²) in [4.78, 5) is 6.01. The van der Waals surface area contributed by atoms with Gasteiger partial charge in [0, 0.05) is 21.5 Å². The molecule has 0 radical (unpaired) electrons. The fourth-order valence-electron chi connectivity index (χ4n) is 1.71. The Labute approximate surface area is 125 Å². The summed E-state index contributed by atoms with van der Waals surface area (Å²) in [5.41, 5.74) is 2.28. The minimum Gasteiger partial charge on any atom is -0.315 e. The minimum absolute atomic E-state index is 0.724. The zero-order valence-corrected chi connectivity index (χ0v) is 13.4. The van der Waals surface area contributed by atoms with Gasteiger partial charge in [0.1, 0.15) is 5.01 Å². The normalized spacial score (nSPS) is 10.9. The lowest BCUT2D eigenvalue weighted by molar-refractivity contribution is 0.815. The molecule has 0 saturated carbocycles. The van der Waals surface area contributed by atoms with Gasteiger partial charge in [0.05, 0.1) is 10.7 Å². The number of aryl methyl sites for hydroxylation is 1. The molecule has 5 heteroatoms. The Morgan fingerprint density at radius 1 is 1.44 bits per heavy atom. The number of hydrogen-bond donors (Lipinski definition) is 1. The van der Waals surface area contributed by atoms with Crippen LogP contribution in [-0.4, -0.2) is 12.0 Å². The molecule has 0 saturated heterocycles. The van der Waals surface area contributed by atoms with E-state index in [4.69, 9.17) is 16.6 Å². The van der Waals surface area contributed by atoms with Crippen molar-refractivity contribution in [2.45, 2.75) is 19.9 Å². The van der Waals surface area contributed by atoms with Crippen LogP contribution in [0.5, 0.6) is 0 Å². The molecule has 0 spiro atoms. The van der Waals surface area contributed by atoms with E-state index >= 15 is 0 Å². The van der Waals surface area contributed by atoms with Crippen molar-refractivity contribution in [1.29, 1.82) is 0 Å². The van der Waals surface area contributed by atoms with E-state index in [1.807, 2.05) is 25.2 Å². The molecule has 1 N–H and O–H groups in total. The Hall–Kier alpha value is -0.420. The summed E-state index contributed by atoms with van der Waals surface area (Å²) in [7, 11) is 1.96. The van der Waals surface area contributed by atoms with Gasteiger partial charge >= 0.3 is 0 Å². The molecule has 1 heterocycles. The molecular formula is C13H14BrClN2S. The van der Waals surface area contributed by atoms with Gasteiger partial charge in [-0.05, 0) is 41.5 Å². The highest BCUT2D eigenvalue weighted by Crippen LogP contribution is 2.32. The molecule has 0 bridgehead atoms. The van der Waals surface area contributed by atoms with Crippen LogP contribution in [0.15, 0.2) is 22.7 Å². The molecule has 0 aliphatic carbocycles. The first-order chi connectivity index (χ1) is 8.65. The third kappa shape index (κ3) is 2.94. The van der Waals surface area contributed by atoms with Crippen molar-refractivity contribution in [2.75, 3.05) is 7.05 Å². The molecule has 2 rings (SSSR count). The van der Waals surface area contributed by atoms with Gasteiger partial charge in [-0.15, -0.1) is 11.3 Å². The van der Waals surface area contributed by atoms with E-state index in [-0.39, 0.29) is 0 Å². The fraction of sp³-hybridized carbons (Fsp3) is 0.308. The highest BCUT2D eigenvalue weighted by atomic mass is 79.9. The zero-order chi connectivity index (χ0) is 13.1. The van der Waals surface area contributed by atoms with Crippen molar-refractivity contribution in [3.05, 3.63) is 38.3 Å². The third-order valence-corrected chi connectivity index (χ3v) is 4.98. The first-order valence-electron chi connectivity index (χ1n) is 5.74. The molecule has 1 aromatic carbocycles. The van der Waals surface area contributed by atoms with Gasteiger partial charge in [-0.2, -0.15) is 0 Å². The average Bonchev–Trinajstić information content (AvgIpc) is 2.76. The van der Waals surface area contributed by atoms with Crippen molar-refractivity contribution in [3.63, 3.8) is 0 Å². The van der Waals surface area contributed by atoms with Crippen LogP contribution < -0.4 is 5.32 Å². The molecular weight excluding hydrogens is 332 g/mol. The molecule has 0 atom stereocenters. The van der Waals surface area contributed by atoms with Gasteiger partial charge in [-0.1, -0.05) is 24.6 Å². The molecule has 0 aliphatic heterocycles. The van der Waals surface area contributed by atoms with Crippen molar-refractivity contribution in [2.24, 2.45) is 0 Å². The molecule has 0 unspecified atom stereocenters. The lowest BCUT2D eigenvalue weighted by Crippen LogP contribution is -2.05. The lowest BCUT2D eigenvalue weighted by atomic mass is 10.2. The largest absolute Gasteiger partial charge is 0.315 e. The monoisotopic (exact) mass is 344 g/mol. The van der Waals surface area contributed by atoms with E-state index < -0.39 is 0 Å². The van der Waals surface area contributed by atoms with E-state index in [0.717, 1.165) is 33.0 Å². The van der Waals surface area contributed by atoms with Crippen LogP contribution in [0.1, 0.15) is 17.5 Å². The number of hydrogen-bond acceptors (Lipinski definition) is 3. The smallest absolute Gasteiger partial charge is 0.123 e. The highest BCUT2D eigenvalue weighted by Gasteiger charge is 2.11. The molecule has 0 fully saturated rings. The molecule has 2 nitrogen and oxygen atoms in total. The average molecular weight is 346 g/mol. The number of thiazole rings is 1. The Balaban J connectivity index is 2.40. The number of aromatic nitrogens is 1. The topological polar surface area (TPSA) is 24.9 Å². The van der Waals surface area contributed by atoms with E-state index in [2.05, 4.69) is 28.2 Å². The maximum atomic E-state index is 6.01. The summed E-state index contributed by atoms with van der Waals surface area (Å²) < 4.78 is 0.907. The van der Waals surface area contributed by atoms with Crippen LogP contribution >= 0.6 is 38.9 Å². The second-order valence-electron chi connectivity index (χ2n) is 3.90. The third-order valence-electron chi connectivity index (χ3n) is 2.62. The summed E-state index contributed by atoms with van der Waals surface area (Å²) in [5, 5.41) is 4.96. The zero-order valence-electron chi connectivity index (χ0n) is 10.3. The quantitative estimate of drug-likeness (QED) is 0.882. The Morgan fingerprint density at radius 2 is 2.22 bits per heavy atom. The van der Waals surface area contributed by atoms with Gasteiger partial charge < -0.3 is 5.32 Å². The van der Waals surface area contributed by atoms with Crippen LogP contribution in [0.4, 0.5) is 0 Å². The number of benzene rings is 1. The first-order valence-corrected chi connectivity index (χ1v) is 7.73. The molecule has 1 aromatic heterocycles. The van der Waals surface area contributed by atoms with Gasteiger partial charge in [-0.3, -0.25) is 0 Å². The van der Waals surface area contributed by atoms with Crippen molar-refractivity contribution in [3.8, 4) is 10.6 Å². The van der Waals surface area contributed by atoms with Crippen LogP contribution in [-0.2, 0) is 13.0 Å². The van der Waals surface area contributed by atoms with E-state index in [1.54, 1.807) is 11.3 Å². The second kappa shape index (κ2) is 6.15. The van der Waals surface area contributed by atoms with Crippen molar-refractivity contribution in [1.82, 2.24) is 10.3 Å².